The van der Waals surface area contributed by atoms with E-state index in [4.69, 9.17) is 0 Å². The number of carbonyl (C=O) groups is 2. The first-order valence-electron chi connectivity index (χ1n) is 12.0. The van der Waals surface area contributed by atoms with Gasteiger partial charge in [0, 0.05) is 36.3 Å². The molecule has 2 N–H and O–H groups in total. The Labute approximate surface area is 221 Å². The quantitative estimate of drug-likeness (QED) is 0.344. The van der Waals surface area contributed by atoms with Crippen molar-refractivity contribution >= 4 is 34.7 Å². The molecule has 0 spiro atoms. The van der Waals surface area contributed by atoms with Gasteiger partial charge in [0.15, 0.2) is 0 Å². The Bertz CT molecular complexity index is 1660. The fourth-order valence-electron chi connectivity index (χ4n) is 4.45. The molecular formula is C28H22N6O3S. The van der Waals surface area contributed by atoms with Gasteiger partial charge in [-0.05, 0) is 23.6 Å². The maximum atomic E-state index is 13.4. The van der Waals surface area contributed by atoms with Crippen molar-refractivity contribution in [2.24, 2.45) is 5.92 Å². The van der Waals surface area contributed by atoms with Crippen LogP contribution in [0.2, 0.25) is 0 Å². The van der Waals surface area contributed by atoms with Gasteiger partial charge in [0.05, 0.1) is 16.5 Å². The van der Waals surface area contributed by atoms with Gasteiger partial charge in [-0.1, -0.05) is 54.6 Å². The van der Waals surface area contributed by atoms with Crippen LogP contribution in [0.4, 0.5) is 11.5 Å². The minimum atomic E-state index is -0.543. The van der Waals surface area contributed by atoms with Crippen LogP contribution in [0, 0.1) is 5.92 Å². The molecule has 1 unspecified atom stereocenters. The van der Waals surface area contributed by atoms with E-state index in [2.05, 4.69) is 20.4 Å². The second kappa shape index (κ2) is 9.91. The van der Waals surface area contributed by atoms with Crippen molar-refractivity contribution in [3.8, 4) is 27.8 Å². The van der Waals surface area contributed by atoms with Gasteiger partial charge in [0.2, 0.25) is 17.8 Å². The Hall–Kier alpha value is -4.83. The third-order valence-electron chi connectivity index (χ3n) is 6.30. The fraction of sp³-hybridized carbons (Fsp3) is 0.107. The highest BCUT2D eigenvalue weighted by Gasteiger charge is 2.35. The Morgan fingerprint density at radius 1 is 0.947 bits per heavy atom. The van der Waals surface area contributed by atoms with Crippen molar-refractivity contribution in [3.05, 3.63) is 101 Å². The molecule has 1 aliphatic rings. The summed E-state index contributed by atoms with van der Waals surface area (Å²) in [6.07, 6.45) is 0.102. The largest absolute Gasteiger partial charge is 0.312 e. The second-order valence-corrected chi connectivity index (χ2v) is 9.80. The van der Waals surface area contributed by atoms with E-state index in [1.807, 2.05) is 78.2 Å². The molecule has 9 nitrogen and oxygen atoms in total. The normalized spacial score (nSPS) is 15.1. The van der Waals surface area contributed by atoms with Gasteiger partial charge in [0.1, 0.15) is 11.5 Å². The fourth-order valence-corrected chi connectivity index (χ4v) is 5.13. The van der Waals surface area contributed by atoms with Gasteiger partial charge in [-0.3, -0.25) is 19.4 Å². The first-order chi connectivity index (χ1) is 18.5. The number of carbonyl (C=O) groups excluding carboxylic acids is 2. The van der Waals surface area contributed by atoms with E-state index in [1.54, 1.807) is 11.0 Å². The summed E-state index contributed by atoms with van der Waals surface area (Å²) in [5.41, 5.74) is 2.30. The topological polar surface area (TPSA) is 113 Å². The molecule has 0 radical (unpaired) electrons. The van der Waals surface area contributed by atoms with E-state index in [-0.39, 0.29) is 36.3 Å². The average Bonchev–Trinajstić information content (AvgIpc) is 3.69. The van der Waals surface area contributed by atoms with Crippen LogP contribution < -0.4 is 15.8 Å². The molecule has 5 aromatic rings. The standard InChI is InChI=1S/C28H22N6O3S/c35-25-16-21(18-8-3-1-4-9-18)29-28(31-25)34-24(15-22(32-34)23-12-7-13-38-23)30-27(37)19-14-26(36)33(17-19)20-10-5-2-6-11-20/h1-13,15-16,19H,14,17H2,(H,30,37)(H,29,31,35). The molecule has 0 aliphatic carbocycles. The number of anilines is 2. The first-order valence-corrected chi connectivity index (χ1v) is 12.9. The van der Waals surface area contributed by atoms with E-state index in [9.17, 15) is 14.4 Å². The minimum absolute atomic E-state index is 0.102. The summed E-state index contributed by atoms with van der Waals surface area (Å²) >= 11 is 1.51. The number of rotatable bonds is 6. The maximum absolute atomic E-state index is 13.4. The lowest BCUT2D eigenvalue weighted by Crippen LogP contribution is -2.28. The smallest absolute Gasteiger partial charge is 0.252 e. The van der Waals surface area contributed by atoms with Crippen LogP contribution in [0.5, 0.6) is 0 Å². The lowest BCUT2D eigenvalue weighted by molar-refractivity contribution is -0.122. The zero-order chi connectivity index (χ0) is 26.1. The summed E-state index contributed by atoms with van der Waals surface area (Å²) in [5, 5.41) is 9.52. The number of aromatic nitrogens is 4. The second-order valence-electron chi connectivity index (χ2n) is 8.85. The third-order valence-corrected chi connectivity index (χ3v) is 7.19. The average molecular weight is 523 g/mol. The number of amides is 2. The van der Waals surface area contributed by atoms with Crippen LogP contribution in [0.3, 0.4) is 0 Å². The highest BCUT2D eigenvalue weighted by molar-refractivity contribution is 7.13. The highest BCUT2D eigenvalue weighted by atomic mass is 32.1. The Morgan fingerprint density at radius 3 is 2.45 bits per heavy atom. The Balaban J connectivity index is 1.34. The highest BCUT2D eigenvalue weighted by Crippen LogP contribution is 2.30. The molecule has 1 atom stereocenters. The molecule has 6 rings (SSSR count). The van der Waals surface area contributed by atoms with Crippen LogP contribution in [0.1, 0.15) is 6.42 Å². The van der Waals surface area contributed by atoms with Crippen molar-refractivity contribution in [3.63, 3.8) is 0 Å². The van der Waals surface area contributed by atoms with Crippen LogP contribution >= 0.6 is 11.3 Å². The molecule has 1 fully saturated rings. The van der Waals surface area contributed by atoms with E-state index in [0.717, 1.165) is 16.1 Å². The number of hydrogen-bond acceptors (Lipinski definition) is 6. The van der Waals surface area contributed by atoms with E-state index >= 15 is 0 Å². The summed E-state index contributed by atoms with van der Waals surface area (Å²) in [7, 11) is 0. The zero-order valence-electron chi connectivity index (χ0n) is 20.1. The summed E-state index contributed by atoms with van der Waals surface area (Å²) < 4.78 is 1.42. The molecule has 2 amide bonds. The molecule has 0 saturated carbocycles. The lowest BCUT2D eigenvalue weighted by Gasteiger charge is -2.16. The van der Waals surface area contributed by atoms with Gasteiger partial charge in [-0.25, -0.2) is 4.98 Å². The van der Waals surface area contributed by atoms with Crippen molar-refractivity contribution in [1.82, 2.24) is 19.7 Å². The van der Waals surface area contributed by atoms with Crippen molar-refractivity contribution in [2.75, 3.05) is 16.8 Å². The van der Waals surface area contributed by atoms with Gasteiger partial charge in [-0.2, -0.15) is 9.78 Å². The van der Waals surface area contributed by atoms with Crippen LogP contribution in [-0.2, 0) is 9.59 Å². The maximum Gasteiger partial charge on any atom is 0.252 e. The number of nitrogens with one attached hydrogen (secondary N) is 2. The van der Waals surface area contributed by atoms with Gasteiger partial charge >= 0.3 is 0 Å². The first kappa shape index (κ1) is 23.6. The lowest BCUT2D eigenvalue weighted by atomic mass is 10.1. The zero-order valence-corrected chi connectivity index (χ0v) is 20.9. The molecule has 1 aliphatic heterocycles. The molecular weight excluding hydrogens is 500 g/mol. The summed E-state index contributed by atoms with van der Waals surface area (Å²) in [5.74, 6) is -0.443. The van der Waals surface area contributed by atoms with Crippen LogP contribution in [0.25, 0.3) is 27.8 Å². The molecule has 2 aromatic carbocycles. The molecule has 10 heteroatoms. The monoisotopic (exact) mass is 522 g/mol. The van der Waals surface area contributed by atoms with E-state index in [0.29, 0.717) is 17.2 Å². The van der Waals surface area contributed by atoms with Crippen molar-refractivity contribution in [2.45, 2.75) is 6.42 Å². The minimum Gasteiger partial charge on any atom is -0.312 e. The SMILES string of the molecule is O=C(Nc1cc(-c2cccs2)nn1-c1nc(-c2ccccc2)cc(=O)[nH]1)C1CC(=O)N(c2ccccc2)C1. The third kappa shape index (κ3) is 4.64. The number of nitrogens with zero attached hydrogens (tertiary/aromatic N) is 4. The van der Waals surface area contributed by atoms with Crippen LogP contribution in [-0.4, -0.2) is 38.1 Å². The van der Waals surface area contributed by atoms with E-state index in [1.165, 1.54) is 22.1 Å². The van der Waals surface area contributed by atoms with Gasteiger partial charge in [-0.15, -0.1) is 11.3 Å². The van der Waals surface area contributed by atoms with Crippen molar-refractivity contribution in [1.29, 1.82) is 0 Å². The van der Waals surface area contributed by atoms with E-state index < -0.39 is 5.92 Å². The number of aromatic amines is 1. The summed E-state index contributed by atoms with van der Waals surface area (Å²) in [6.45, 7) is 0.277. The van der Waals surface area contributed by atoms with Crippen molar-refractivity contribution < 1.29 is 9.59 Å². The number of hydrogen-bond donors (Lipinski definition) is 2. The molecule has 4 heterocycles. The van der Waals surface area contributed by atoms with Gasteiger partial charge < -0.3 is 10.2 Å². The Morgan fingerprint density at radius 2 is 1.71 bits per heavy atom. The molecule has 0 bridgehead atoms. The number of thiophene rings is 1. The van der Waals surface area contributed by atoms with Crippen LogP contribution in [0.15, 0.2) is 95.1 Å². The number of H-pyrrole nitrogens is 1. The number of benzene rings is 2. The summed E-state index contributed by atoms with van der Waals surface area (Å²) in [6, 6.07) is 25.7. The molecule has 38 heavy (non-hydrogen) atoms. The predicted molar refractivity (Wildman–Crippen MR) is 146 cm³/mol. The Kier molecular flexibility index (Phi) is 6.14. The molecule has 3 aromatic heterocycles. The number of para-hydroxylation sites is 1. The summed E-state index contributed by atoms with van der Waals surface area (Å²) in [4.78, 5) is 48.5. The molecule has 188 valence electrons. The van der Waals surface area contributed by atoms with Gasteiger partial charge in [0.25, 0.3) is 5.56 Å². The molecule has 1 saturated heterocycles. The predicted octanol–water partition coefficient (Wildman–Crippen LogP) is 4.34.